The van der Waals surface area contributed by atoms with Crippen LogP contribution in [0.1, 0.15) is 24.9 Å². The molecule has 3 aromatic rings. The minimum absolute atomic E-state index is 0.0331. The van der Waals surface area contributed by atoms with Crippen LogP contribution in [0.15, 0.2) is 71.6 Å². The highest BCUT2D eigenvalue weighted by Crippen LogP contribution is 2.33. The number of anilines is 1. The second kappa shape index (κ2) is 11.7. The summed E-state index contributed by atoms with van der Waals surface area (Å²) >= 11 is 12.4. The zero-order chi connectivity index (χ0) is 25.6. The van der Waals surface area contributed by atoms with Gasteiger partial charge in [-0.3, -0.25) is 9.10 Å². The Balaban J connectivity index is 1.93. The third kappa shape index (κ3) is 6.20. The van der Waals surface area contributed by atoms with Crippen LogP contribution in [-0.2, 0) is 14.8 Å². The van der Waals surface area contributed by atoms with Gasteiger partial charge in [0.05, 0.1) is 35.9 Å². The molecule has 0 radical (unpaired) electrons. The van der Waals surface area contributed by atoms with Crippen molar-refractivity contribution >= 4 is 44.8 Å². The summed E-state index contributed by atoms with van der Waals surface area (Å²) in [5.74, 6) is 0.589. The first-order valence-electron chi connectivity index (χ1n) is 10.7. The van der Waals surface area contributed by atoms with Gasteiger partial charge in [0.2, 0.25) is 5.91 Å². The molecule has 10 heteroatoms. The Kier molecular flexibility index (Phi) is 8.88. The molecule has 0 bridgehead atoms. The summed E-state index contributed by atoms with van der Waals surface area (Å²) in [5, 5.41) is 3.37. The quantitative estimate of drug-likeness (QED) is 0.371. The van der Waals surface area contributed by atoms with Gasteiger partial charge in [-0.15, -0.1) is 0 Å². The molecular formula is C25H26Cl2N2O5S. The lowest BCUT2D eigenvalue weighted by atomic mass is 10.0. The largest absolute Gasteiger partial charge is 0.493 e. The average Bonchev–Trinajstić information content (AvgIpc) is 2.86. The van der Waals surface area contributed by atoms with Crippen LogP contribution in [-0.4, -0.2) is 35.1 Å². The third-order valence-corrected chi connectivity index (χ3v) is 7.66. The Morgan fingerprint density at radius 2 is 1.66 bits per heavy atom. The van der Waals surface area contributed by atoms with E-state index in [1.54, 1.807) is 37.4 Å². The molecule has 0 fully saturated rings. The predicted octanol–water partition coefficient (Wildman–Crippen LogP) is 5.47. The number of methoxy groups -OCH3 is 2. The molecule has 0 heterocycles. The maximum Gasteiger partial charge on any atom is 0.264 e. The molecular weight excluding hydrogens is 511 g/mol. The lowest BCUT2D eigenvalue weighted by Crippen LogP contribution is -2.42. The number of sulfonamides is 1. The van der Waals surface area contributed by atoms with Gasteiger partial charge in [-0.2, -0.15) is 0 Å². The summed E-state index contributed by atoms with van der Waals surface area (Å²) in [6.07, 6.45) is 0.564. The Morgan fingerprint density at radius 3 is 2.26 bits per heavy atom. The molecule has 0 aliphatic rings. The Bertz CT molecular complexity index is 1290. The lowest BCUT2D eigenvalue weighted by Gasteiger charge is -2.26. The van der Waals surface area contributed by atoms with E-state index in [0.29, 0.717) is 22.9 Å². The summed E-state index contributed by atoms with van der Waals surface area (Å²) < 4.78 is 38.6. The van der Waals surface area contributed by atoms with Crippen LogP contribution in [0, 0.1) is 0 Å². The van der Waals surface area contributed by atoms with Gasteiger partial charge < -0.3 is 14.8 Å². The summed E-state index contributed by atoms with van der Waals surface area (Å²) in [5.41, 5.74) is 0.940. The van der Waals surface area contributed by atoms with Crippen molar-refractivity contribution in [1.82, 2.24) is 5.32 Å². The van der Waals surface area contributed by atoms with Gasteiger partial charge in [0.25, 0.3) is 10.0 Å². The maximum atomic E-state index is 13.5. The van der Waals surface area contributed by atoms with Crippen molar-refractivity contribution in [1.29, 1.82) is 0 Å². The Labute approximate surface area is 215 Å². The zero-order valence-electron chi connectivity index (χ0n) is 19.5. The number of halogens is 2. The number of amides is 1. The van der Waals surface area contributed by atoms with Crippen molar-refractivity contribution in [3.8, 4) is 11.5 Å². The lowest BCUT2D eigenvalue weighted by molar-refractivity contribution is -0.120. The van der Waals surface area contributed by atoms with Gasteiger partial charge in [0, 0.05) is 5.02 Å². The fraction of sp³-hybridized carbons (Fsp3) is 0.240. The maximum absolute atomic E-state index is 13.5. The van der Waals surface area contributed by atoms with E-state index in [1.165, 1.54) is 37.4 Å². The van der Waals surface area contributed by atoms with Crippen molar-refractivity contribution in [3.63, 3.8) is 0 Å². The minimum atomic E-state index is -4.10. The first-order chi connectivity index (χ1) is 16.7. The Morgan fingerprint density at radius 1 is 0.971 bits per heavy atom. The molecule has 1 atom stereocenters. The number of hydrogen-bond donors (Lipinski definition) is 1. The number of hydrogen-bond acceptors (Lipinski definition) is 5. The van der Waals surface area contributed by atoms with E-state index in [-0.39, 0.29) is 21.6 Å². The van der Waals surface area contributed by atoms with Crippen LogP contribution in [0.3, 0.4) is 0 Å². The molecule has 35 heavy (non-hydrogen) atoms. The number of rotatable bonds is 10. The molecule has 3 aromatic carbocycles. The molecule has 7 nitrogen and oxygen atoms in total. The summed E-state index contributed by atoms with van der Waals surface area (Å²) in [7, 11) is -1.03. The summed E-state index contributed by atoms with van der Waals surface area (Å²) in [6.45, 7) is 1.43. The van der Waals surface area contributed by atoms with E-state index >= 15 is 0 Å². The molecule has 0 spiro atoms. The van der Waals surface area contributed by atoms with Crippen LogP contribution >= 0.6 is 23.2 Å². The van der Waals surface area contributed by atoms with Gasteiger partial charge in [0.15, 0.2) is 11.5 Å². The van der Waals surface area contributed by atoms with E-state index in [9.17, 15) is 13.2 Å². The number of nitrogens with one attached hydrogen (secondary N) is 1. The van der Waals surface area contributed by atoms with E-state index in [2.05, 4.69) is 5.32 Å². The van der Waals surface area contributed by atoms with Crippen molar-refractivity contribution in [3.05, 3.63) is 82.3 Å². The topological polar surface area (TPSA) is 84.9 Å². The molecule has 0 aliphatic heterocycles. The Hall–Kier alpha value is -2.94. The van der Waals surface area contributed by atoms with Crippen molar-refractivity contribution in [2.24, 2.45) is 0 Å². The third-order valence-electron chi connectivity index (χ3n) is 5.35. The van der Waals surface area contributed by atoms with Crippen molar-refractivity contribution in [2.45, 2.75) is 24.3 Å². The monoisotopic (exact) mass is 536 g/mol. The fourth-order valence-corrected chi connectivity index (χ4v) is 5.59. The molecule has 0 aliphatic carbocycles. The first kappa shape index (κ1) is 26.7. The smallest absolute Gasteiger partial charge is 0.264 e. The average molecular weight is 537 g/mol. The molecule has 0 aromatic heterocycles. The number of carbonyl (C=O) groups excluding carboxylic acids is 1. The van der Waals surface area contributed by atoms with Crippen molar-refractivity contribution < 1.29 is 22.7 Å². The van der Waals surface area contributed by atoms with Crippen LogP contribution in [0.25, 0.3) is 0 Å². The highest BCUT2D eigenvalue weighted by atomic mass is 35.5. The first-order valence-corrected chi connectivity index (χ1v) is 12.9. The number of carbonyl (C=O) groups is 1. The van der Waals surface area contributed by atoms with E-state index in [1.807, 2.05) is 13.0 Å². The number of nitrogens with zero attached hydrogens (tertiary/aromatic N) is 1. The molecule has 1 amide bonds. The molecule has 1 unspecified atom stereocenters. The molecule has 0 saturated carbocycles. The minimum Gasteiger partial charge on any atom is -0.493 e. The highest BCUT2D eigenvalue weighted by Gasteiger charge is 2.29. The van der Waals surface area contributed by atoms with E-state index < -0.39 is 22.5 Å². The van der Waals surface area contributed by atoms with Gasteiger partial charge in [0.1, 0.15) is 6.54 Å². The van der Waals surface area contributed by atoms with Crippen LogP contribution in [0.4, 0.5) is 5.69 Å². The van der Waals surface area contributed by atoms with Gasteiger partial charge in [-0.05, 0) is 54.4 Å². The number of ether oxygens (including phenoxy) is 2. The van der Waals surface area contributed by atoms with Gasteiger partial charge in [-0.1, -0.05) is 54.4 Å². The summed E-state index contributed by atoms with van der Waals surface area (Å²) in [6, 6.07) is 17.3. The van der Waals surface area contributed by atoms with Gasteiger partial charge >= 0.3 is 0 Å². The van der Waals surface area contributed by atoms with Gasteiger partial charge in [-0.25, -0.2) is 8.42 Å². The van der Waals surface area contributed by atoms with Crippen molar-refractivity contribution in [2.75, 3.05) is 25.1 Å². The molecule has 3 rings (SSSR count). The standard InChI is InChI=1S/C25H26Cl2N2O5S/c1-4-21(17-10-13-23(33-2)24(14-17)34-3)28-25(30)16-29(22-12-11-18(26)15-20(22)27)35(31,32)19-8-6-5-7-9-19/h5-15,21H,4,16H2,1-3H3,(H,28,30). The molecule has 1 N–H and O–H groups in total. The second-order valence-electron chi connectivity index (χ2n) is 7.56. The van der Waals surface area contributed by atoms with E-state index in [4.69, 9.17) is 32.7 Å². The molecule has 0 saturated heterocycles. The fourth-order valence-electron chi connectivity index (χ4n) is 3.56. The normalized spacial score (nSPS) is 12.0. The molecule has 186 valence electrons. The second-order valence-corrected chi connectivity index (χ2v) is 10.3. The predicted molar refractivity (Wildman–Crippen MR) is 138 cm³/mol. The van der Waals surface area contributed by atoms with Crippen LogP contribution < -0.4 is 19.1 Å². The SMILES string of the molecule is CCC(NC(=O)CN(c1ccc(Cl)cc1Cl)S(=O)(=O)c1ccccc1)c1ccc(OC)c(OC)c1. The zero-order valence-corrected chi connectivity index (χ0v) is 21.8. The van der Waals surface area contributed by atoms with E-state index in [0.717, 1.165) is 9.87 Å². The summed E-state index contributed by atoms with van der Waals surface area (Å²) in [4.78, 5) is 13.2. The highest BCUT2D eigenvalue weighted by molar-refractivity contribution is 7.92. The number of benzene rings is 3. The van der Waals surface area contributed by atoms with Crippen LogP contribution in [0.5, 0.6) is 11.5 Å². The van der Waals surface area contributed by atoms with Crippen LogP contribution in [0.2, 0.25) is 10.0 Å².